The Hall–Kier alpha value is -1.40. The van der Waals surface area contributed by atoms with Gasteiger partial charge >= 0.3 is 0 Å². The molecule has 1 saturated heterocycles. The molecule has 5 nitrogen and oxygen atoms in total. The Bertz CT molecular complexity index is 589. The van der Waals surface area contributed by atoms with Crippen LogP contribution in [-0.4, -0.2) is 36.3 Å². The van der Waals surface area contributed by atoms with Crippen LogP contribution in [0.2, 0.25) is 0 Å². The second-order valence-corrected chi connectivity index (χ2v) is 5.67. The minimum Gasteiger partial charge on any atom is -0.383 e. The quantitative estimate of drug-likeness (QED) is 0.849. The van der Waals surface area contributed by atoms with Crippen LogP contribution in [0.3, 0.4) is 0 Å². The molecule has 0 saturated carbocycles. The molecule has 1 fully saturated rings. The van der Waals surface area contributed by atoms with Gasteiger partial charge in [-0.3, -0.25) is 0 Å². The SMILES string of the molecule is Cc1sc2nc(N3CCOCC3)nc(N)c2c1C. The van der Waals surface area contributed by atoms with Crippen molar-refractivity contribution in [1.29, 1.82) is 0 Å². The number of ether oxygens (including phenoxy) is 1. The number of aromatic nitrogens is 2. The summed E-state index contributed by atoms with van der Waals surface area (Å²) in [6.07, 6.45) is 0. The number of hydrogen-bond acceptors (Lipinski definition) is 6. The molecule has 96 valence electrons. The molecule has 1 aliphatic heterocycles. The summed E-state index contributed by atoms with van der Waals surface area (Å²) in [6.45, 7) is 7.27. The highest BCUT2D eigenvalue weighted by atomic mass is 32.1. The van der Waals surface area contributed by atoms with Gasteiger partial charge in [-0.25, -0.2) is 4.98 Å². The van der Waals surface area contributed by atoms with E-state index in [-0.39, 0.29) is 0 Å². The van der Waals surface area contributed by atoms with Crippen molar-refractivity contribution in [3.05, 3.63) is 10.4 Å². The van der Waals surface area contributed by atoms with E-state index in [0.717, 1.165) is 42.5 Å². The summed E-state index contributed by atoms with van der Waals surface area (Å²) in [6, 6.07) is 0. The second-order valence-electron chi connectivity index (χ2n) is 4.47. The Kier molecular flexibility index (Phi) is 2.83. The Morgan fingerprint density at radius 1 is 1.22 bits per heavy atom. The van der Waals surface area contributed by atoms with Crippen LogP contribution in [0.5, 0.6) is 0 Å². The lowest BCUT2D eigenvalue weighted by atomic mass is 10.2. The topological polar surface area (TPSA) is 64.3 Å². The monoisotopic (exact) mass is 264 g/mol. The highest BCUT2D eigenvalue weighted by Gasteiger charge is 2.18. The van der Waals surface area contributed by atoms with E-state index >= 15 is 0 Å². The first-order valence-electron chi connectivity index (χ1n) is 6.02. The molecule has 0 bridgehead atoms. The van der Waals surface area contributed by atoms with Gasteiger partial charge in [-0.05, 0) is 19.4 Å². The highest BCUT2D eigenvalue weighted by Crippen LogP contribution is 2.33. The Balaban J connectivity index is 2.09. The van der Waals surface area contributed by atoms with E-state index in [1.165, 1.54) is 10.4 Å². The van der Waals surface area contributed by atoms with Gasteiger partial charge in [-0.15, -0.1) is 11.3 Å². The molecule has 0 unspecified atom stereocenters. The lowest BCUT2D eigenvalue weighted by molar-refractivity contribution is 0.122. The van der Waals surface area contributed by atoms with Crippen molar-refractivity contribution in [2.24, 2.45) is 0 Å². The fraction of sp³-hybridized carbons (Fsp3) is 0.500. The smallest absolute Gasteiger partial charge is 0.228 e. The summed E-state index contributed by atoms with van der Waals surface area (Å²) in [4.78, 5) is 13.5. The van der Waals surface area contributed by atoms with Gasteiger partial charge in [0.2, 0.25) is 5.95 Å². The van der Waals surface area contributed by atoms with Crippen LogP contribution in [-0.2, 0) is 4.74 Å². The number of rotatable bonds is 1. The molecule has 3 rings (SSSR count). The van der Waals surface area contributed by atoms with Crippen molar-refractivity contribution in [1.82, 2.24) is 9.97 Å². The third-order valence-electron chi connectivity index (χ3n) is 3.34. The summed E-state index contributed by atoms with van der Waals surface area (Å²) >= 11 is 1.68. The maximum atomic E-state index is 6.08. The Labute approximate surface area is 110 Å². The summed E-state index contributed by atoms with van der Waals surface area (Å²) in [5.41, 5.74) is 7.27. The first-order valence-corrected chi connectivity index (χ1v) is 6.84. The molecule has 0 atom stereocenters. The van der Waals surface area contributed by atoms with Crippen molar-refractivity contribution in [2.45, 2.75) is 13.8 Å². The maximum Gasteiger partial charge on any atom is 0.228 e. The van der Waals surface area contributed by atoms with E-state index in [1.54, 1.807) is 11.3 Å². The summed E-state index contributed by atoms with van der Waals surface area (Å²) < 4.78 is 5.34. The summed E-state index contributed by atoms with van der Waals surface area (Å²) in [7, 11) is 0. The van der Waals surface area contributed by atoms with Gasteiger partial charge in [0.1, 0.15) is 10.6 Å². The molecule has 0 amide bonds. The number of nitrogens with two attached hydrogens (primary N) is 1. The van der Waals surface area contributed by atoms with E-state index in [0.29, 0.717) is 5.82 Å². The van der Waals surface area contributed by atoms with Gasteiger partial charge in [-0.2, -0.15) is 4.98 Å². The van der Waals surface area contributed by atoms with E-state index in [2.05, 4.69) is 28.7 Å². The van der Waals surface area contributed by atoms with Gasteiger partial charge in [-0.1, -0.05) is 0 Å². The zero-order chi connectivity index (χ0) is 12.7. The molecule has 0 spiro atoms. The van der Waals surface area contributed by atoms with E-state index in [9.17, 15) is 0 Å². The fourth-order valence-electron chi connectivity index (χ4n) is 2.17. The number of fused-ring (bicyclic) bond motifs is 1. The predicted molar refractivity (Wildman–Crippen MR) is 74.3 cm³/mol. The first-order chi connectivity index (χ1) is 8.66. The molecule has 0 aliphatic carbocycles. The van der Waals surface area contributed by atoms with Crippen molar-refractivity contribution in [3.8, 4) is 0 Å². The highest BCUT2D eigenvalue weighted by molar-refractivity contribution is 7.18. The van der Waals surface area contributed by atoms with Crippen LogP contribution >= 0.6 is 11.3 Å². The average Bonchev–Trinajstić information content (AvgIpc) is 2.66. The van der Waals surface area contributed by atoms with Gasteiger partial charge in [0.15, 0.2) is 0 Å². The van der Waals surface area contributed by atoms with E-state index in [1.807, 2.05) is 0 Å². The lowest BCUT2D eigenvalue weighted by Crippen LogP contribution is -2.37. The van der Waals surface area contributed by atoms with Gasteiger partial charge < -0.3 is 15.4 Å². The van der Waals surface area contributed by atoms with E-state index in [4.69, 9.17) is 10.5 Å². The van der Waals surface area contributed by atoms with Gasteiger partial charge in [0.05, 0.1) is 18.6 Å². The predicted octanol–water partition coefficient (Wildman–Crippen LogP) is 1.73. The molecule has 0 radical (unpaired) electrons. The molecule has 2 aromatic heterocycles. The third kappa shape index (κ3) is 1.81. The number of anilines is 2. The number of morpholine rings is 1. The van der Waals surface area contributed by atoms with Crippen LogP contribution in [0.25, 0.3) is 10.2 Å². The zero-order valence-electron chi connectivity index (χ0n) is 10.6. The maximum absolute atomic E-state index is 6.08. The van der Waals surface area contributed by atoms with Crippen LogP contribution < -0.4 is 10.6 Å². The van der Waals surface area contributed by atoms with Crippen LogP contribution in [0.1, 0.15) is 10.4 Å². The third-order valence-corrected chi connectivity index (χ3v) is 4.44. The second kappa shape index (κ2) is 4.37. The normalized spacial score (nSPS) is 16.4. The molecule has 1 aliphatic rings. The van der Waals surface area contributed by atoms with Crippen LogP contribution in [0.4, 0.5) is 11.8 Å². The minimum absolute atomic E-state index is 0.586. The van der Waals surface area contributed by atoms with Gasteiger partial charge in [0, 0.05) is 18.0 Å². The Morgan fingerprint density at radius 2 is 1.94 bits per heavy atom. The summed E-state index contributed by atoms with van der Waals surface area (Å²) in [5, 5.41) is 1.01. The van der Waals surface area contributed by atoms with Crippen molar-refractivity contribution in [2.75, 3.05) is 36.9 Å². The number of nitrogen functional groups attached to an aromatic ring is 1. The Morgan fingerprint density at radius 3 is 2.67 bits per heavy atom. The van der Waals surface area contributed by atoms with Crippen molar-refractivity contribution in [3.63, 3.8) is 0 Å². The fourth-order valence-corrected chi connectivity index (χ4v) is 3.21. The number of aryl methyl sites for hydroxylation is 2. The molecule has 3 heterocycles. The average molecular weight is 264 g/mol. The minimum atomic E-state index is 0.586. The molecule has 6 heteroatoms. The first kappa shape index (κ1) is 11.7. The van der Waals surface area contributed by atoms with Crippen LogP contribution in [0.15, 0.2) is 0 Å². The number of thiophene rings is 1. The van der Waals surface area contributed by atoms with Crippen molar-refractivity contribution >= 4 is 33.3 Å². The number of nitrogens with zero attached hydrogens (tertiary/aromatic N) is 3. The number of hydrogen-bond donors (Lipinski definition) is 1. The zero-order valence-corrected chi connectivity index (χ0v) is 11.4. The summed E-state index contributed by atoms with van der Waals surface area (Å²) in [5.74, 6) is 1.31. The molecule has 0 aromatic carbocycles. The van der Waals surface area contributed by atoms with Gasteiger partial charge in [0.25, 0.3) is 0 Å². The molecule has 2 aromatic rings. The molecule has 18 heavy (non-hydrogen) atoms. The van der Waals surface area contributed by atoms with Crippen LogP contribution in [0, 0.1) is 13.8 Å². The standard InChI is InChI=1S/C12H16N4OS/c1-7-8(2)18-11-9(7)10(13)14-12(15-11)16-3-5-17-6-4-16/h3-6H2,1-2H3,(H2,13,14,15). The molecular weight excluding hydrogens is 248 g/mol. The lowest BCUT2D eigenvalue weighted by Gasteiger charge is -2.26. The largest absolute Gasteiger partial charge is 0.383 e. The van der Waals surface area contributed by atoms with E-state index < -0.39 is 0 Å². The van der Waals surface area contributed by atoms with Crippen molar-refractivity contribution < 1.29 is 4.74 Å². The molecule has 2 N–H and O–H groups in total. The molecular formula is C12H16N4OS.